The van der Waals surface area contributed by atoms with Crippen LogP contribution in [-0.2, 0) is 0 Å². The Bertz CT molecular complexity index is 451. The van der Waals surface area contributed by atoms with Gasteiger partial charge >= 0.3 is 0 Å². The predicted molar refractivity (Wildman–Crippen MR) is 206 cm³/mol. The van der Waals surface area contributed by atoms with Gasteiger partial charge in [0.25, 0.3) is 0 Å². The van der Waals surface area contributed by atoms with E-state index in [-0.39, 0.29) is 17.0 Å². The second kappa shape index (κ2) is 40.1. The highest BCUT2D eigenvalue weighted by Gasteiger charge is 2.35. The van der Waals surface area contributed by atoms with Gasteiger partial charge in [-0.1, -0.05) is 195 Å². The molecule has 0 aromatic rings. The highest BCUT2D eigenvalue weighted by atomic mass is 79.9. The first-order chi connectivity index (χ1) is 21.2. The molecule has 0 aromatic carbocycles. The molecule has 0 heterocycles. The van der Waals surface area contributed by atoms with Gasteiger partial charge in [0.1, 0.15) is 0 Å². The quantitative estimate of drug-likeness (QED) is 0.0444. The van der Waals surface area contributed by atoms with Crippen LogP contribution in [0.5, 0.6) is 0 Å². The van der Waals surface area contributed by atoms with Crippen LogP contribution in [0.15, 0.2) is 0 Å². The minimum absolute atomic E-state index is 0. The maximum atomic E-state index is 2.36. The van der Waals surface area contributed by atoms with Crippen molar-refractivity contribution in [2.75, 3.05) is 24.6 Å². The molecule has 268 valence electrons. The Morgan fingerprint density at radius 1 is 0.205 bits per heavy atom. The third-order valence-electron chi connectivity index (χ3n) is 10.4. The summed E-state index contributed by atoms with van der Waals surface area (Å²) >= 11 is 0. The Morgan fingerprint density at radius 2 is 0.341 bits per heavy atom. The summed E-state index contributed by atoms with van der Waals surface area (Å²) in [7, 11) is -0.751. The van der Waals surface area contributed by atoms with Crippen molar-refractivity contribution in [3.63, 3.8) is 0 Å². The fraction of sp³-hybridized carbons (Fsp3) is 1.00. The van der Waals surface area contributed by atoms with Gasteiger partial charge in [-0.05, 0) is 51.4 Å². The summed E-state index contributed by atoms with van der Waals surface area (Å²) in [5.74, 6) is 0. The Labute approximate surface area is 293 Å². The van der Waals surface area contributed by atoms with Gasteiger partial charge in [-0.2, -0.15) is 0 Å². The third-order valence-corrected chi connectivity index (χ3v) is 15.5. The van der Waals surface area contributed by atoms with E-state index in [4.69, 9.17) is 0 Å². The van der Waals surface area contributed by atoms with E-state index in [0.717, 1.165) is 0 Å². The third kappa shape index (κ3) is 34.3. The van der Waals surface area contributed by atoms with Gasteiger partial charge in [0.15, 0.2) is 0 Å². The first kappa shape index (κ1) is 47.0. The molecule has 2 heteroatoms. The molecule has 0 N–H and O–H groups in total. The molecule has 0 amide bonds. The summed E-state index contributed by atoms with van der Waals surface area (Å²) in [6, 6.07) is 0. The number of hydrogen-bond acceptors (Lipinski definition) is 0. The number of hydrogen-bond donors (Lipinski definition) is 0. The molecule has 0 saturated heterocycles. The monoisotopic (exact) mass is 703 g/mol. The van der Waals surface area contributed by atoms with E-state index in [0.29, 0.717) is 0 Å². The van der Waals surface area contributed by atoms with Crippen LogP contribution in [0.3, 0.4) is 0 Å². The van der Waals surface area contributed by atoms with E-state index in [1.165, 1.54) is 193 Å². The molecule has 0 fully saturated rings. The summed E-state index contributed by atoms with van der Waals surface area (Å²) in [5.41, 5.74) is 0. The molecule has 0 aromatic heterocycles. The lowest BCUT2D eigenvalue weighted by molar-refractivity contribution is -0.00000974. The van der Waals surface area contributed by atoms with Crippen LogP contribution < -0.4 is 17.0 Å². The summed E-state index contributed by atoms with van der Waals surface area (Å²) in [6.45, 7) is 9.39. The SMILES string of the molecule is CCCCCCCCCCCCCCCCCC[P+](CCCCCCCC)(CCCCCCCC)CCCCCCCC.[Br-]. The van der Waals surface area contributed by atoms with Gasteiger partial charge in [-0.15, -0.1) is 0 Å². The summed E-state index contributed by atoms with van der Waals surface area (Å²) in [5, 5.41) is 0. The average Bonchev–Trinajstić information content (AvgIpc) is 3.02. The lowest BCUT2D eigenvalue weighted by Gasteiger charge is -2.28. The molecule has 0 radical (unpaired) electrons. The van der Waals surface area contributed by atoms with Crippen LogP contribution in [0.1, 0.15) is 246 Å². The summed E-state index contributed by atoms with van der Waals surface area (Å²) in [6.07, 6.45) is 57.2. The second-order valence-electron chi connectivity index (χ2n) is 14.8. The lowest BCUT2D eigenvalue weighted by atomic mass is 10.0. The van der Waals surface area contributed by atoms with Crippen LogP contribution in [0, 0.1) is 0 Å². The van der Waals surface area contributed by atoms with Crippen LogP contribution in [0.2, 0.25) is 0 Å². The maximum absolute atomic E-state index is 2.36. The maximum Gasteiger partial charge on any atom is 0.0594 e. The Morgan fingerprint density at radius 3 is 0.500 bits per heavy atom. The molecule has 0 unspecified atom stereocenters. The normalized spacial score (nSPS) is 11.7. The van der Waals surface area contributed by atoms with Crippen molar-refractivity contribution in [3.8, 4) is 0 Å². The van der Waals surface area contributed by atoms with Crippen LogP contribution in [0.4, 0.5) is 0 Å². The molecule has 0 aliphatic rings. The zero-order valence-electron chi connectivity index (χ0n) is 31.7. The fourth-order valence-electron chi connectivity index (χ4n) is 7.35. The van der Waals surface area contributed by atoms with E-state index >= 15 is 0 Å². The van der Waals surface area contributed by atoms with Gasteiger partial charge in [-0.25, -0.2) is 0 Å². The Kier molecular flexibility index (Phi) is 42.8. The summed E-state index contributed by atoms with van der Waals surface area (Å²) in [4.78, 5) is 0. The molecule has 0 bridgehead atoms. The molecule has 0 spiro atoms. The van der Waals surface area contributed by atoms with Crippen molar-refractivity contribution in [2.45, 2.75) is 246 Å². The molecule has 0 atom stereocenters. The first-order valence-corrected chi connectivity index (χ1v) is 23.6. The van der Waals surface area contributed by atoms with E-state index in [1.54, 1.807) is 50.3 Å². The van der Waals surface area contributed by atoms with Crippen LogP contribution in [0.25, 0.3) is 0 Å². The van der Waals surface area contributed by atoms with E-state index < -0.39 is 7.26 Å². The van der Waals surface area contributed by atoms with Crippen molar-refractivity contribution in [3.05, 3.63) is 0 Å². The largest absolute Gasteiger partial charge is 1.00 e. The first-order valence-electron chi connectivity index (χ1n) is 21.1. The van der Waals surface area contributed by atoms with Crippen molar-refractivity contribution >= 4 is 7.26 Å². The minimum Gasteiger partial charge on any atom is -1.00 e. The van der Waals surface area contributed by atoms with E-state index in [1.807, 2.05) is 0 Å². The lowest BCUT2D eigenvalue weighted by Crippen LogP contribution is -3.00. The Hall–Kier alpha value is 0.910. The highest BCUT2D eigenvalue weighted by Crippen LogP contribution is 2.61. The van der Waals surface area contributed by atoms with Gasteiger partial charge in [0, 0.05) is 7.26 Å². The molecule has 0 aliphatic heterocycles. The van der Waals surface area contributed by atoms with Crippen molar-refractivity contribution in [2.24, 2.45) is 0 Å². The minimum atomic E-state index is -0.751. The number of rotatable bonds is 38. The highest BCUT2D eigenvalue weighted by molar-refractivity contribution is 7.75. The average molecular weight is 704 g/mol. The Balaban J connectivity index is 0. The van der Waals surface area contributed by atoms with E-state index in [9.17, 15) is 0 Å². The van der Waals surface area contributed by atoms with Gasteiger partial charge < -0.3 is 17.0 Å². The number of unbranched alkanes of at least 4 members (excludes halogenated alkanes) is 30. The molecule has 0 nitrogen and oxygen atoms in total. The second-order valence-corrected chi connectivity index (χ2v) is 19.3. The topological polar surface area (TPSA) is 0 Å². The zero-order chi connectivity index (χ0) is 31.4. The fourth-order valence-corrected chi connectivity index (χ4v) is 12.3. The predicted octanol–water partition coefficient (Wildman–Crippen LogP) is 13.4. The van der Waals surface area contributed by atoms with E-state index in [2.05, 4.69) is 27.7 Å². The molecular weight excluding hydrogens is 615 g/mol. The van der Waals surface area contributed by atoms with Gasteiger partial charge in [0.2, 0.25) is 0 Å². The van der Waals surface area contributed by atoms with Crippen LogP contribution in [-0.4, -0.2) is 24.6 Å². The molecule has 0 rings (SSSR count). The number of halogens is 1. The molecule has 0 aliphatic carbocycles. The zero-order valence-corrected chi connectivity index (χ0v) is 34.2. The van der Waals surface area contributed by atoms with Crippen LogP contribution >= 0.6 is 7.26 Å². The smallest absolute Gasteiger partial charge is 0.0594 e. The van der Waals surface area contributed by atoms with Crippen molar-refractivity contribution < 1.29 is 17.0 Å². The molecule has 44 heavy (non-hydrogen) atoms. The molecular formula is C42H88BrP. The van der Waals surface area contributed by atoms with Gasteiger partial charge in [-0.3, -0.25) is 0 Å². The standard InChI is InChI=1S/C42H88P.BrH/c1-5-9-13-17-21-22-23-24-25-26-27-28-29-30-34-38-42-43(39-35-31-18-14-10-6-2,40-36-32-19-15-11-7-3)41-37-33-20-16-12-8-4;/h5-42H2,1-4H3;1H/q+1;/p-1. The molecule has 0 saturated carbocycles. The van der Waals surface area contributed by atoms with Gasteiger partial charge in [0.05, 0.1) is 24.6 Å². The van der Waals surface area contributed by atoms with Crippen molar-refractivity contribution in [1.29, 1.82) is 0 Å². The summed E-state index contributed by atoms with van der Waals surface area (Å²) < 4.78 is 0. The van der Waals surface area contributed by atoms with Crippen molar-refractivity contribution in [1.82, 2.24) is 0 Å².